The topological polar surface area (TPSA) is 56.8 Å². The van der Waals surface area contributed by atoms with Gasteiger partial charge >= 0.3 is 0 Å². The molecule has 1 aromatic carbocycles. The Morgan fingerprint density at radius 3 is 2.33 bits per heavy atom. The van der Waals surface area contributed by atoms with Gasteiger partial charge in [-0.05, 0) is 24.5 Å². The molecule has 0 spiro atoms. The van der Waals surface area contributed by atoms with Crippen LogP contribution in [0.2, 0.25) is 0 Å². The molecule has 0 atom stereocenters. The maximum atomic E-state index is 12.8. The van der Waals surface area contributed by atoms with Crippen LogP contribution in [0, 0.1) is 0 Å². The maximum absolute atomic E-state index is 12.8. The average molecular weight is 366 g/mol. The molecule has 2 amide bonds. The van der Waals surface area contributed by atoms with E-state index in [0.29, 0.717) is 26.1 Å². The lowest BCUT2D eigenvalue weighted by Gasteiger charge is -2.35. The summed E-state index contributed by atoms with van der Waals surface area (Å²) in [5, 5.41) is 1.06. The summed E-state index contributed by atoms with van der Waals surface area (Å²) in [6.45, 7) is 5.18. The molecule has 27 heavy (non-hydrogen) atoms. The zero-order chi connectivity index (χ0) is 18.6. The first-order valence-electron chi connectivity index (χ1n) is 9.81. The smallest absolute Gasteiger partial charge is 0.236 e. The number of benzene rings is 1. The van der Waals surface area contributed by atoms with E-state index < -0.39 is 0 Å². The fraction of sp³-hybridized carbons (Fsp3) is 0.476. The van der Waals surface area contributed by atoms with Crippen LogP contribution >= 0.6 is 0 Å². The maximum Gasteiger partial charge on any atom is 0.236 e. The van der Waals surface area contributed by atoms with Crippen LogP contribution in [0.25, 0.3) is 10.9 Å². The van der Waals surface area contributed by atoms with Gasteiger partial charge in [0.05, 0.1) is 18.5 Å². The van der Waals surface area contributed by atoms with Crippen LogP contribution in [0.5, 0.6) is 0 Å². The van der Waals surface area contributed by atoms with Gasteiger partial charge in [0.25, 0.3) is 0 Å². The SMILES string of the molecule is O=C(Cc1cccc2cccnc12)N1CCN(CC(=O)N2CCCC2)CC1. The summed E-state index contributed by atoms with van der Waals surface area (Å²) < 4.78 is 0. The van der Waals surface area contributed by atoms with E-state index in [4.69, 9.17) is 0 Å². The minimum Gasteiger partial charge on any atom is -0.342 e. The highest BCUT2D eigenvalue weighted by atomic mass is 16.2. The lowest BCUT2D eigenvalue weighted by atomic mass is 10.1. The molecule has 3 heterocycles. The van der Waals surface area contributed by atoms with E-state index in [9.17, 15) is 9.59 Å². The van der Waals surface area contributed by atoms with Crippen molar-refractivity contribution >= 4 is 22.7 Å². The first-order valence-corrected chi connectivity index (χ1v) is 9.81. The van der Waals surface area contributed by atoms with E-state index in [1.165, 1.54) is 0 Å². The fourth-order valence-corrected chi connectivity index (χ4v) is 4.00. The molecule has 0 saturated carbocycles. The molecule has 2 fully saturated rings. The van der Waals surface area contributed by atoms with Gasteiger partial charge in [0.2, 0.25) is 11.8 Å². The quantitative estimate of drug-likeness (QED) is 0.824. The molecule has 2 aromatic rings. The van der Waals surface area contributed by atoms with Crippen LogP contribution in [0.3, 0.4) is 0 Å². The molecule has 0 aliphatic carbocycles. The number of rotatable bonds is 4. The normalized spacial score (nSPS) is 18.2. The summed E-state index contributed by atoms with van der Waals surface area (Å²) in [7, 11) is 0. The number of amides is 2. The van der Waals surface area contributed by atoms with E-state index in [1.807, 2.05) is 40.1 Å². The Morgan fingerprint density at radius 1 is 0.852 bits per heavy atom. The highest BCUT2D eigenvalue weighted by Gasteiger charge is 2.25. The molecule has 6 heteroatoms. The predicted molar refractivity (Wildman–Crippen MR) is 104 cm³/mol. The van der Waals surface area contributed by atoms with E-state index in [1.54, 1.807) is 6.20 Å². The molecule has 0 bridgehead atoms. The lowest BCUT2D eigenvalue weighted by Crippen LogP contribution is -2.51. The largest absolute Gasteiger partial charge is 0.342 e. The van der Waals surface area contributed by atoms with E-state index in [-0.39, 0.29) is 11.8 Å². The Bertz CT molecular complexity index is 819. The van der Waals surface area contributed by atoms with Crippen molar-refractivity contribution in [3.63, 3.8) is 0 Å². The lowest BCUT2D eigenvalue weighted by molar-refractivity contribution is -0.134. The van der Waals surface area contributed by atoms with Crippen LogP contribution in [0.15, 0.2) is 36.5 Å². The highest BCUT2D eigenvalue weighted by molar-refractivity contribution is 5.87. The summed E-state index contributed by atoms with van der Waals surface area (Å²) in [5.74, 6) is 0.368. The number of carbonyl (C=O) groups excluding carboxylic acids is 2. The predicted octanol–water partition coefficient (Wildman–Crippen LogP) is 1.54. The first-order chi connectivity index (χ1) is 13.2. The van der Waals surface area contributed by atoms with Gasteiger partial charge in [0, 0.05) is 50.9 Å². The molecular formula is C21H26N4O2. The van der Waals surface area contributed by atoms with Crippen molar-refractivity contribution in [2.45, 2.75) is 19.3 Å². The van der Waals surface area contributed by atoms with Crippen LogP contribution in [0.1, 0.15) is 18.4 Å². The van der Waals surface area contributed by atoms with Crippen molar-refractivity contribution in [3.05, 3.63) is 42.1 Å². The number of para-hydroxylation sites is 1. The molecule has 2 saturated heterocycles. The van der Waals surface area contributed by atoms with Gasteiger partial charge in [0.1, 0.15) is 0 Å². The van der Waals surface area contributed by atoms with Gasteiger partial charge in [-0.15, -0.1) is 0 Å². The van der Waals surface area contributed by atoms with Gasteiger partial charge in [-0.25, -0.2) is 0 Å². The number of likely N-dealkylation sites (tertiary alicyclic amines) is 1. The van der Waals surface area contributed by atoms with Crippen LogP contribution in [-0.2, 0) is 16.0 Å². The first kappa shape index (κ1) is 17.9. The highest BCUT2D eigenvalue weighted by Crippen LogP contribution is 2.17. The molecular weight excluding hydrogens is 340 g/mol. The minimum atomic E-state index is 0.138. The second-order valence-corrected chi connectivity index (χ2v) is 7.41. The summed E-state index contributed by atoms with van der Waals surface area (Å²) >= 11 is 0. The zero-order valence-corrected chi connectivity index (χ0v) is 15.6. The summed E-state index contributed by atoms with van der Waals surface area (Å²) in [4.78, 5) is 35.5. The third kappa shape index (κ3) is 4.11. The molecule has 4 rings (SSSR count). The van der Waals surface area contributed by atoms with Crippen LogP contribution in [-0.4, -0.2) is 77.3 Å². The molecule has 2 aliphatic heterocycles. The second-order valence-electron chi connectivity index (χ2n) is 7.41. The Labute approximate surface area is 159 Å². The fourth-order valence-electron chi connectivity index (χ4n) is 4.00. The van der Waals surface area contributed by atoms with E-state index in [0.717, 1.165) is 55.5 Å². The summed E-state index contributed by atoms with van der Waals surface area (Å²) in [6, 6.07) is 9.92. The minimum absolute atomic E-state index is 0.138. The monoisotopic (exact) mass is 366 g/mol. The number of carbonyl (C=O) groups is 2. The molecule has 0 N–H and O–H groups in total. The molecule has 142 valence electrons. The zero-order valence-electron chi connectivity index (χ0n) is 15.6. The number of fused-ring (bicyclic) bond motifs is 1. The summed E-state index contributed by atoms with van der Waals surface area (Å²) in [5.41, 5.74) is 1.88. The van der Waals surface area contributed by atoms with Crippen molar-refractivity contribution in [1.82, 2.24) is 19.7 Å². The number of nitrogens with zero attached hydrogens (tertiary/aromatic N) is 4. The van der Waals surface area contributed by atoms with Gasteiger partial charge in [-0.3, -0.25) is 19.5 Å². The van der Waals surface area contributed by atoms with Crippen molar-refractivity contribution in [2.24, 2.45) is 0 Å². The number of aromatic nitrogens is 1. The van der Waals surface area contributed by atoms with Crippen LogP contribution in [0.4, 0.5) is 0 Å². The Hall–Kier alpha value is -2.47. The molecule has 2 aliphatic rings. The second kappa shape index (κ2) is 8.05. The van der Waals surface area contributed by atoms with Crippen molar-refractivity contribution in [1.29, 1.82) is 0 Å². The Morgan fingerprint density at radius 2 is 1.56 bits per heavy atom. The standard InChI is InChI=1S/C21H26N4O2/c26-19(15-18-6-3-5-17-7-4-8-22-21(17)18)25-13-11-23(12-14-25)16-20(27)24-9-1-2-10-24/h3-8H,1-2,9-16H2. The van der Waals surface area contributed by atoms with Gasteiger partial charge in [0.15, 0.2) is 0 Å². The molecule has 0 radical (unpaired) electrons. The number of piperazine rings is 1. The van der Waals surface area contributed by atoms with Crippen LogP contribution < -0.4 is 0 Å². The Balaban J connectivity index is 1.31. The molecule has 0 unspecified atom stereocenters. The van der Waals surface area contributed by atoms with Gasteiger partial charge in [-0.1, -0.05) is 24.3 Å². The van der Waals surface area contributed by atoms with Crippen molar-refractivity contribution in [2.75, 3.05) is 45.8 Å². The van der Waals surface area contributed by atoms with Gasteiger partial charge < -0.3 is 9.80 Å². The third-order valence-corrected chi connectivity index (χ3v) is 5.60. The molecule has 6 nitrogen and oxygen atoms in total. The van der Waals surface area contributed by atoms with Crippen molar-refractivity contribution in [3.8, 4) is 0 Å². The number of hydrogen-bond acceptors (Lipinski definition) is 4. The number of hydrogen-bond donors (Lipinski definition) is 0. The summed E-state index contributed by atoms with van der Waals surface area (Å²) in [6.07, 6.45) is 4.39. The van der Waals surface area contributed by atoms with Gasteiger partial charge in [-0.2, -0.15) is 0 Å². The van der Waals surface area contributed by atoms with Crippen molar-refractivity contribution < 1.29 is 9.59 Å². The van der Waals surface area contributed by atoms with E-state index >= 15 is 0 Å². The number of pyridine rings is 1. The molecule has 1 aromatic heterocycles. The third-order valence-electron chi connectivity index (χ3n) is 5.60. The average Bonchev–Trinajstić information content (AvgIpc) is 3.24. The Kier molecular flexibility index (Phi) is 5.34. The van der Waals surface area contributed by atoms with E-state index in [2.05, 4.69) is 9.88 Å².